The monoisotopic (exact) mass is 296 g/mol. The van der Waals surface area contributed by atoms with Crippen LogP contribution in [0.1, 0.15) is 20.8 Å². The molecule has 0 fully saturated rings. The summed E-state index contributed by atoms with van der Waals surface area (Å²) in [7, 11) is 3.94. The van der Waals surface area contributed by atoms with Crippen molar-refractivity contribution in [3.8, 4) is 0 Å². The lowest BCUT2D eigenvalue weighted by Gasteiger charge is -2.26. The number of likely N-dealkylation sites (N-methyl/N-ethyl adjacent to an activating group) is 1. The van der Waals surface area contributed by atoms with Crippen molar-refractivity contribution in [3.05, 3.63) is 16.4 Å². The van der Waals surface area contributed by atoms with Crippen molar-refractivity contribution in [2.75, 3.05) is 37.8 Å². The Labute approximate surface area is 125 Å². The molecule has 1 aromatic rings. The lowest BCUT2D eigenvalue weighted by molar-refractivity contribution is -0.383. The molecule has 8 nitrogen and oxygen atoms in total. The van der Waals surface area contributed by atoms with E-state index in [4.69, 9.17) is 0 Å². The zero-order chi connectivity index (χ0) is 16.0. The molecule has 0 aliphatic carbocycles. The van der Waals surface area contributed by atoms with Crippen molar-refractivity contribution in [3.63, 3.8) is 0 Å². The van der Waals surface area contributed by atoms with Crippen LogP contribution in [0.5, 0.6) is 0 Å². The van der Waals surface area contributed by atoms with Crippen LogP contribution >= 0.6 is 0 Å². The molecule has 1 heterocycles. The smallest absolute Gasteiger partial charge is 0.353 e. The van der Waals surface area contributed by atoms with Crippen molar-refractivity contribution >= 4 is 17.3 Å². The largest absolute Gasteiger partial charge is 0.364 e. The van der Waals surface area contributed by atoms with Crippen molar-refractivity contribution < 1.29 is 4.92 Å². The number of rotatable bonds is 8. The average Bonchev–Trinajstić information content (AvgIpc) is 2.37. The van der Waals surface area contributed by atoms with E-state index in [2.05, 4.69) is 34.4 Å². The molecule has 0 amide bonds. The summed E-state index contributed by atoms with van der Waals surface area (Å²) in [4.78, 5) is 20.9. The van der Waals surface area contributed by atoms with Gasteiger partial charge in [-0.15, -0.1) is 0 Å². The molecule has 118 valence electrons. The first-order valence-corrected chi connectivity index (χ1v) is 7.01. The van der Waals surface area contributed by atoms with Gasteiger partial charge in [-0.1, -0.05) is 13.8 Å². The van der Waals surface area contributed by atoms with E-state index in [1.165, 1.54) is 6.33 Å². The maximum Gasteiger partial charge on any atom is 0.353 e. The second kappa shape index (κ2) is 7.72. The molecule has 0 aliphatic heterocycles. The predicted molar refractivity (Wildman–Crippen MR) is 83.7 cm³/mol. The molecule has 0 spiro atoms. The van der Waals surface area contributed by atoms with Crippen LogP contribution in [0.25, 0.3) is 0 Å². The Bertz CT molecular complexity index is 478. The molecule has 0 radical (unpaired) electrons. The summed E-state index contributed by atoms with van der Waals surface area (Å²) < 4.78 is 0. The lowest BCUT2D eigenvalue weighted by Crippen LogP contribution is -2.37. The van der Waals surface area contributed by atoms with Crippen LogP contribution in [0.2, 0.25) is 0 Å². The summed E-state index contributed by atoms with van der Waals surface area (Å²) >= 11 is 0. The summed E-state index contributed by atoms with van der Waals surface area (Å²) in [5, 5.41) is 17.4. The fourth-order valence-electron chi connectivity index (χ4n) is 1.95. The first kappa shape index (κ1) is 17.1. The number of hydrogen-bond acceptors (Lipinski definition) is 7. The van der Waals surface area contributed by atoms with Crippen LogP contribution in [0, 0.1) is 16.0 Å². The first-order valence-electron chi connectivity index (χ1n) is 7.01. The maximum absolute atomic E-state index is 11.3. The molecule has 0 aliphatic rings. The summed E-state index contributed by atoms with van der Waals surface area (Å²) in [5.41, 5.74) is -0.108. The van der Waals surface area contributed by atoms with Crippen molar-refractivity contribution in [2.24, 2.45) is 5.92 Å². The second-order valence-corrected chi connectivity index (χ2v) is 5.46. The van der Waals surface area contributed by atoms with Gasteiger partial charge in [-0.3, -0.25) is 10.1 Å². The van der Waals surface area contributed by atoms with Gasteiger partial charge >= 0.3 is 5.69 Å². The topological polar surface area (TPSA) is 96.2 Å². The van der Waals surface area contributed by atoms with E-state index in [9.17, 15) is 10.1 Å². The minimum absolute atomic E-state index is 0.0584. The molecular formula is C13H24N6O2. The normalized spacial score (nSPS) is 12.5. The van der Waals surface area contributed by atoms with Crippen molar-refractivity contribution in [2.45, 2.75) is 26.8 Å². The van der Waals surface area contributed by atoms with Crippen molar-refractivity contribution in [1.82, 2.24) is 14.9 Å². The van der Waals surface area contributed by atoms with Gasteiger partial charge in [0.2, 0.25) is 11.6 Å². The third-order valence-corrected chi connectivity index (χ3v) is 3.04. The van der Waals surface area contributed by atoms with E-state index < -0.39 is 4.92 Å². The van der Waals surface area contributed by atoms with Crippen LogP contribution in [0.4, 0.5) is 17.3 Å². The third-order valence-electron chi connectivity index (χ3n) is 3.04. The van der Waals surface area contributed by atoms with E-state index in [-0.39, 0.29) is 23.4 Å². The molecule has 0 aromatic carbocycles. The van der Waals surface area contributed by atoms with E-state index in [0.29, 0.717) is 12.5 Å². The van der Waals surface area contributed by atoms with E-state index in [1.54, 1.807) is 0 Å². The van der Waals surface area contributed by atoms with E-state index in [0.717, 1.165) is 6.54 Å². The Kier molecular flexibility index (Phi) is 6.29. The highest BCUT2D eigenvalue weighted by molar-refractivity contribution is 5.69. The molecule has 0 saturated carbocycles. The number of aromatic nitrogens is 2. The lowest BCUT2D eigenvalue weighted by atomic mass is 10.0. The number of nitrogens with zero attached hydrogens (tertiary/aromatic N) is 4. The highest BCUT2D eigenvalue weighted by Crippen LogP contribution is 2.29. The molecule has 1 rings (SSSR count). The van der Waals surface area contributed by atoms with Crippen LogP contribution in [0.15, 0.2) is 6.33 Å². The molecule has 1 unspecified atom stereocenters. The highest BCUT2D eigenvalue weighted by Gasteiger charge is 2.25. The fourth-order valence-corrected chi connectivity index (χ4v) is 1.95. The van der Waals surface area contributed by atoms with Gasteiger partial charge in [-0.25, -0.2) is 9.97 Å². The minimum atomic E-state index is -0.451. The van der Waals surface area contributed by atoms with Gasteiger partial charge in [0, 0.05) is 19.1 Å². The van der Waals surface area contributed by atoms with E-state index in [1.807, 2.05) is 25.9 Å². The SMILES string of the molecule is CCNc1ncnc(NC(CN(C)C)C(C)C)c1[N+](=O)[O-]. The zero-order valence-corrected chi connectivity index (χ0v) is 13.3. The molecule has 1 atom stereocenters. The minimum Gasteiger partial charge on any atom is -0.364 e. The molecular weight excluding hydrogens is 272 g/mol. The molecule has 1 aromatic heterocycles. The third kappa shape index (κ3) is 4.82. The van der Waals surface area contributed by atoms with Gasteiger partial charge < -0.3 is 15.5 Å². The quantitative estimate of drug-likeness (QED) is 0.558. The van der Waals surface area contributed by atoms with Crippen LogP contribution in [-0.4, -0.2) is 53.0 Å². The van der Waals surface area contributed by atoms with E-state index >= 15 is 0 Å². The summed E-state index contributed by atoms with van der Waals surface area (Å²) in [5.74, 6) is 0.809. The second-order valence-electron chi connectivity index (χ2n) is 5.46. The Hall–Kier alpha value is -1.96. The Morgan fingerprint density at radius 2 is 1.95 bits per heavy atom. The van der Waals surface area contributed by atoms with Crippen molar-refractivity contribution in [1.29, 1.82) is 0 Å². The van der Waals surface area contributed by atoms with Crippen LogP contribution in [-0.2, 0) is 0 Å². The van der Waals surface area contributed by atoms with Gasteiger partial charge in [0.1, 0.15) is 6.33 Å². The van der Waals surface area contributed by atoms with Gasteiger partial charge in [0.15, 0.2) is 0 Å². The number of nitrogens with one attached hydrogen (secondary N) is 2. The van der Waals surface area contributed by atoms with Crippen LogP contribution in [0.3, 0.4) is 0 Å². The predicted octanol–water partition coefficient (Wildman–Crippen LogP) is 1.81. The Balaban J connectivity index is 3.10. The molecule has 8 heteroatoms. The number of hydrogen-bond donors (Lipinski definition) is 2. The molecule has 21 heavy (non-hydrogen) atoms. The molecule has 0 bridgehead atoms. The van der Waals surface area contributed by atoms with Gasteiger partial charge in [0.05, 0.1) is 4.92 Å². The Morgan fingerprint density at radius 3 is 2.43 bits per heavy atom. The van der Waals surface area contributed by atoms with Gasteiger partial charge in [-0.05, 0) is 26.9 Å². The Morgan fingerprint density at radius 1 is 1.33 bits per heavy atom. The number of anilines is 2. The summed E-state index contributed by atoms with van der Waals surface area (Å²) in [6, 6.07) is 0.0584. The van der Waals surface area contributed by atoms with Gasteiger partial charge in [-0.2, -0.15) is 0 Å². The standard InChI is InChI=1S/C13H24N6O2/c1-6-14-12-11(19(20)21)13(16-8-15-12)17-10(9(2)3)7-18(4)5/h8-10H,6-7H2,1-5H3,(H2,14,15,16,17). The molecule has 0 saturated heterocycles. The fraction of sp³-hybridized carbons (Fsp3) is 0.692. The van der Waals surface area contributed by atoms with Gasteiger partial charge in [0.25, 0.3) is 0 Å². The van der Waals surface area contributed by atoms with Crippen LogP contribution < -0.4 is 10.6 Å². The molecule has 2 N–H and O–H groups in total. The maximum atomic E-state index is 11.3. The first-order chi connectivity index (χ1) is 9.86. The highest BCUT2D eigenvalue weighted by atomic mass is 16.6. The zero-order valence-electron chi connectivity index (χ0n) is 13.3. The summed E-state index contributed by atoms with van der Waals surface area (Å²) in [6.07, 6.45) is 1.33. The summed E-state index contributed by atoms with van der Waals surface area (Å²) in [6.45, 7) is 7.32. The number of nitro groups is 1. The average molecular weight is 296 g/mol.